The van der Waals surface area contributed by atoms with Crippen molar-refractivity contribution < 1.29 is 28.5 Å². The maximum absolute atomic E-state index is 12.2. The third-order valence-corrected chi connectivity index (χ3v) is 3.44. The predicted octanol–water partition coefficient (Wildman–Crippen LogP) is 1.94. The Labute approximate surface area is 157 Å². The van der Waals surface area contributed by atoms with E-state index in [1.54, 1.807) is 30.3 Å². The molecule has 0 unspecified atom stereocenters. The lowest BCUT2D eigenvalue weighted by Crippen LogP contribution is -2.43. The second-order valence-electron chi connectivity index (χ2n) is 5.27. The molecular weight excluding hydrogens is 352 g/mol. The highest BCUT2D eigenvalue weighted by atomic mass is 16.5. The van der Waals surface area contributed by atoms with Gasteiger partial charge in [-0.3, -0.25) is 20.4 Å². The van der Waals surface area contributed by atoms with Crippen molar-refractivity contribution in [3.05, 3.63) is 48.0 Å². The molecule has 144 valence electrons. The molecule has 0 saturated carbocycles. The molecule has 0 aliphatic rings. The summed E-state index contributed by atoms with van der Waals surface area (Å²) in [5.41, 5.74) is 4.88. The molecule has 2 N–H and O–H groups in total. The lowest BCUT2D eigenvalue weighted by atomic mass is 10.2. The summed E-state index contributed by atoms with van der Waals surface area (Å²) in [6.45, 7) is 2.05. The molecule has 0 bridgehead atoms. The first-order valence-electron chi connectivity index (χ1n) is 8.24. The molecule has 0 aromatic heterocycles. The third-order valence-electron chi connectivity index (χ3n) is 3.44. The summed E-state index contributed by atoms with van der Waals surface area (Å²) in [4.78, 5) is 24.1. The van der Waals surface area contributed by atoms with Gasteiger partial charge in [-0.15, -0.1) is 0 Å². The number of methoxy groups -OCH3 is 2. The summed E-state index contributed by atoms with van der Waals surface area (Å²) in [6.07, 6.45) is 0. The van der Waals surface area contributed by atoms with Crippen molar-refractivity contribution >= 4 is 11.8 Å². The summed E-state index contributed by atoms with van der Waals surface area (Å²) in [5, 5.41) is 0. The van der Waals surface area contributed by atoms with Gasteiger partial charge in [0.05, 0.1) is 20.8 Å². The van der Waals surface area contributed by atoms with Crippen LogP contribution in [0.3, 0.4) is 0 Å². The van der Waals surface area contributed by atoms with Gasteiger partial charge in [-0.2, -0.15) is 0 Å². The standard InChI is InChI=1S/C19H22N2O6/c1-4-26-16-7-5-6-8-17(16)27-12-18(22)20-21-19(23)13-9-14(24-2)11-15(10-13)25-3/h5-11H,4,12H2,1-3H3,(H,20,22)(H,21,23). The summed E-state index contributed by atoms with van der Waals surface area (Å²) in [7, 11) is 2.96. The van der Waals surface area contributed by atoms with Gasteiger partial charge in [0.1, 0.15) is 11.5 Å². The van der Waals surface area contributed by atoms with E-state index in [1.165, 1.54) is 26.4 Å². The van der Waals surface area contributed by atoms with Gasteiger partial charge in [0.25, 0.3) is 11.8 Å². The Kier molecular flexibility index (Phi) is 7.30. The minimum absolute atomic E-state index is 0.272. The highest BCUT2D eigenvalue weighted by Crippen LogP contribution is 2.26. The minimum atomic E-state index is -0.524. The van der Waals surface area contributed by atoms with Crippen LogP contribution >= 0.6 is 0 Å². The average molecular weight is 374 g/mol. The molecule has 0 radical (unpaired) electrons. The number of carbonyl (C=O) groups is 2. The van der Waals surface area contributed by atoms with Crippen LogP contribution in [-0.2, 0) is 4.79 Å². The Morgan fingerprint density at radius 1 is 0.889 bits per heavy atom. The summed E-state index contributed by atoms with van der Waals surface area (Å²) in [6, 6.07) is 11.7. The molecule has 0 aliphatic heterocycles. The zero-order chi connectivity index (χ0) is 19.6. The van der Waals surface area contributed by atoms with Crippen LogP contribution in [0.4, 0.5) is 0 Å². The topological polar surface area (TPSA) is 95.1 Å². The van der Waals surface area contributed by atoms with E-state index in [-0.39, 0.29) is 12.2 Å². The van der Waals surface area contributed by atoms with E-state index in [1.807, 2.05) is 6.92 Å². The lowest BCUT2D eigenvalue weighted by Gasteiger charge is -2.12. The quantitative estimate of drug-likeness (QED) is 0.686. The van der Waals surface area contributed by atoms with Gasteiger partial charge in [-0.1, -0.05) is 12.1 Å². The molecule has 8 nitrogen and oxygen atoms in total. The third kappa shape index (κ3) is 5.81. The predicted molar refractivity (Wildman–Crippen MR) is 98.3 cm³/mol. The van der Waals surface area contributed by atoms with Crippen LogP contribution in [0.1, 0.15) is 17.3 Å². The molecule has 0 atom stereocenters. The SMILES string of the molecule is CCOc1ccccc1OCC(=O)NNC(=O)c1cc(OC)cc(OC)c1. The first-order valence-corrected chi connectivity index (χ1v) is 8.24. The maximum Gasteiger partial charge on any atom is 0.276 e. The van der Waals surface area contributed by atoms with E-state index in [0.717, 1.165) is 0 Å². The highest BCUT2D eigenvalue weighted by molar-refractivity contribution is 5.96. The number of benzene rings is 2. The molecule has 2 aromatic rings. The first-order chi connectivity index (χ1) is 13.1. The fraction of sp³-hybridized carbons (Fsp3) is 0.263. The highest BCUT2D eigenvalue weighted by Gasteiger charge is 2.12. The van der Waals surface area contributed by atoms with Crippen LogP contribution in [0, 0.1) is 0 Å². The molecule has 0 aliphatic carbocycles. The summed E-state index contributed by atoms with van der Waals surface area (Å²) < 4.78 is 21.1. The maximum atomic E-state index is 12.2. The summed E-state index contributed by atoms with van der Waals surface area (Å²) in [5.74, 6) is 0.863. The normalized spacial score (nSPS) is 9.89. The number of ether oxygens (including phenoxy) is 4. The Morgan fingerprint density at radius 3 is 2.04 bits per heavy atom. The van der Waals surface area contributed by atoms with E-state index < -0.39 is 11.8 Å². The molecule has 2 aromatic carbocycles. The Balaban J connectivity index is 1.89. The fourth-order valence-electron chi connectivity index (χ4n) is 2.16. The van der Waals surface area contributed by atoms with Gasteiger partial charge < -0.3 is 18.9 Å². The van der Waals surface area contributed by atoms with Crippen molar-refractivity contribution in [2.24, 2.45) is 0 Å². The van der Waals surface area contributed by atoms with Gasteiger partial charge in [0, 0.05) is 11.6 Å². The van der Waals surface area contributed by atoms with E-state index in [2.05, 4.69) is 10.9 Å². The number of amides is 2. The Hall–Kier alpha value is -3.42. The summed E-state index contributed by atoms with van der Waals surface area (Å²) >= 11 is 0. The Morgan fingerprint density at radius 2 is 1.48 bits per heavy atom. The van der Waals surface area contributed by atoms with Crippen LogP contribution in [0.2, 0.25) is 0 Å². The largest absolute Gasteiger partial charge is 0.497 e. The van der Waals surface area contributed by atoms with Gasteiger partial charge in [0.2, 0.25) is 0 Å². The molecular formula is C19H22N2O6. The van der Waals surface area contributed by atoms with Crippen molar-refractivity contribution in [3.8, 4) is 23.0 Å². The fourth-order valence-corrected chi connectivity index (χ4v) is 2.16. The molecule has 0 heterocycles. The van der Waals surface area contributed by atoms with Crippen LogP contribution in [0.5, 0.6) is 23.0 Å². The van der Waals surface area contributed by atoms with Gasteiger partial charge >= 0.3 is 0 Å². The van der Waals surface area contributed by atoms with E-state index >= 15 is 0 Å². The van der Waals surface area contributed by atoms with Gasteiger partial charge in [-0.25, -0.2) is 0 Å². The van der Waals surface area contributed by atoms with Crippen molar-refractivity contribution in [1.29, 1.82) is 0 Å². The molecule has 8 heteroatoms. The number of nitrogens with one attached hydrogen (secondary N) is 2. The Bertz CT molecular complexity index is 771. The van der Waals surface area contributed by atoms with E-state index in [0.29, 0.717) is 29.6 Å². The van der Waals surface area contributed by atoms with E-state index in [4.69, 9.17) is 18.9 Å². The zero-order valence-corrected chi connectivity index (χ0v) is 15.4. The number of hydrogen-bond donors (Lipinski definition) is 2. The molecule has 0 saturated heterocycles. The molecule has 27 heavy (non-hydrogen) atoms. The molecule has 2 rings (SSSR count). The van der Waals surface area contributed by atoms with Crippen LogP contribution in [0.15, 0.2) is 42.5 Å². The number of rotatable bonds is 8. The average Bonchev–Trinajstić information content (AvgIpc) is 2.71. The monoisotopic (exact) mass is 374 g/mol. The first kappa shape index (κ1) is 19.9. The molecule has 0 spiro atoms. The van der Waals surface area contributed by atoms with Crippen LogP contribution in [-0.4, -0.2) is 39.2 Å². The zero-order valence-electron chi connectivity index (χ0n) is 15.4. The van der Waals surface area contributed by atoms with Gasteiger partial charge in [0.15, 0.2) is 18.1 Å². The van der Waals surface area contributed by atoms with Crippen molar-refractivity contribution in [2.75, 3.05) is 27.4 Å². The van der Waals surface area contributed by atoms with E-state index in [9.17, 15) is 9.59 Å². The number of hydrogen-bond acceptors (Lipinski definition) is 6. The minimum Gasteiger partial charge on any atom is -0.497 e. The lowest BCUT2D eigenvalue weighted by molar-refractivity contribution is -0.123. The molecule has 2 amide bonds. The number of carbonyl (C=O) groups excluding carboxylic acids is 2. The van der Waals surface area contributed by atoms with Crippen LogP contribution < -0.4 is 29.8 Å². The molecule has 0 fully saturated rings. The number of para-hydroxylation sites is 2. The second kappa shape index (κ2) is 9.91. The smallest absolute Gasteiger partial charge is 0.276 e. The number of hydrazine groups is 1. The van der Waals surface area contributed by atoms with Crippen molar-refractivity contribution in [2.45, 2.75) is 6.92 Å². The van der Waals surface area contributed by atoms with Crippen molar-refractivity contribution in [1.82, 2.24) is 10.9 Å². The second-order valence-corrected chi connectivity index (χ2v) is 5.27. The van der Waals surface area contributed by atoms with Crippen LogP contribution in [0.25, 0.3) is 0 Å². The van der Waals surface area contributed by atoms with Crippen molar-refractivity contribution in [3.63, 3.8) is 0 Å². The van der Waals surface area contributed by atoms with Gasteiger partial charge in [-0.05, 0) is 31.2 Å².